The maximum Gasteiger partial charge on any atom is 0.321 e. The molecule has 0 fully saturated rings. The van der Waals surface area contributed by atoms with Gasteiger partial charge in [0.2, 0.25) is 0 Å². The van der Waals surface area contributed by atoms with Crippen molar-refractivity contribution in [1.82, 2.24) is 4.31 Å². The van der Waals surface area contributed by atoms with E-state index in [1.165, 1.54) is 19.1 Å². The highest BCUT2D eigenvalue weighted by molar-refractivity contribution is 7.97. The standard InChI is InChI=1S/C14H19NO4S/c1-3-19-13(16)10-15(20-11-14(17)18-2)9-12-7-5-4-6-8-12/h4-8H,3,9-11H2,1-2H3. The average Bonchev–Trinajstić information content (AvgIpc) is 2.45. The molecule has 1 aromatic rings. The molecule has 0 aliphatic carbocycles. The molecule has 0 heterocycles. The van der Waals surface area contributed by atoms with Crippen LogP contribution in [0.4, 0.5) is 0 Å². The molecule has 0 radical (unpaired) electrons. The summed E-state index contributed by atoms with van der Waals surface area (Å²) in [5.74, 6) is -0.458. The number of rotatable bonds is 8. The summed E-state index contributed by atoms with van der Waals surface area (Å²) in [6.07, 6.45) is 0. The van der Waals surface area contributed by atoms with Crippen LogP contribution in [0.25, 0.3) is 0 Å². The Morgan fingerprint density at radius 2 is 1.90 bits per heavy atom. The van der Waals surface area contributed by atoms with Gasteiger partial charge in [-0.3, -0.25) is 9.59 Å². The van der Waals surface area contributed by atoms with Crippen LogP contribution in [0.2, 0.25) is 0 Å². The van der Waals surface area contributed by atoms with Crippen molar-refractivity contribution in [2.45, 2.75) is 13.5 Å². The first kappa shape index (κ1) is 16.5. The van der Waals surface area contributed by atoms with Crippen LogP contribution in [-0.2, 0) is 25.6 Å². The number of benzene rings is 1. The zero-order valence-corrected chi connectivity index (χ0v) is 12.5. The Hall–Kier alpha value is -1.53. The van der Waals surface area contributed by atoms with Gasteiger partial charge in [0, 0.05) is 6.54 Å². The van der Waals surface area contributed by atoms with Gasteiger partial charge in [0.15, 0.2) is 0 Å². The minimum absolute atomic E-state index is 0.129. The van der Waals surface area contributed by atoms with Crippen LogP contribution < -0.4 is 0 Å². The first-order valence-electron chi connectivity index (χ1n) is 6.30. The fourth-order valence-electron chi connectivity index (χ4n) is 1.49. The van der Waals surface area contributed by atoms with Gasteiger partial charge in [-0.05, 0) is 12.5 Å². The molecule has 1 aromatic carbocycles. The zero-order chi connectivity index (χ0) is 14.8. The SMILES string of the molecule is CCOC(=O)CN(Cc1ccccc1)SCC(=O)OC. The summed E-state index contributed by atoms with van der Waals surface area (Å²) in [7, 11) is 1.34. The molecule has 1 rings (SSSR count). The summed E-state index contributed by atoms with van der Waals surface area (Å²) >= 11 is 1.26. The second kappa shape index (κ2) is 9.39. The van der Waals surface area contributed by atoms with Gasteiger partial charge in [-0.15, -0.1) is 0 Å². The van der Waals surface area contributed by atoms with E-state index in [0.29, 0.717) is 13.2 Å². The van der Waals surface area contributed by atoms with Crippen LogP contribution in [0.15, 0.2) is 30.3 Å². The maximum atomic E-state index is 11.6. The summed E-state index contributed by atoms with van der Waals surface area (Å²) < 4.78 is 11.3. The number of carbonyl (C=O) groups is 2. The number of hydrogen-bond acceptors (Lipinski definition) is 6. The highest BCUT2D eigenvalue weighted by Gasteiger charge is 2.14. The topological polar surface area (TPSA) is 55.8 Å². The number of esters is 2. The van der Waals surface area contributed by atoms with Gasteiger partial charge in [-0.25, -0.2) is 4.31 Å². The molecular formula is C14H19NO4S. The van der Waals surface area contributed by atoms with E-state index < -0.39 is 0 Å². The lowest BCUT2D eigenvalue weighted by Crippen LogP contribution is -2.26. The Labute approximate surface area is 123 Å². The van der Waals surface area contributed by atoms with Gasteiger partial charge in [0.25, 0.3) is 0 Å². The third-order valence-electron chi connectivity index (χ3n) is 2.41. The number of nitrogens with zero attached hydrogens (tertiary/aromatic N) is 1. The third-order valence-corrected chi connectivity index (χ3v) is 3.39. The van der Waals surface area contributed by atoms with Crippen LogP contribution in [0, 0.1) is 0 Å². The molecule has 0 aliphatic rings. The Morgan fingerprint density at radius 3 is 2.50 bits per heavy atom. The Bertz CT molecular complexity index is 424. The fourth-order valence-corrected chi connectivity index (χ4v) is 2.33. The highest BCUT2D eigenvalue weighted by Crippen LogP contribution is 2.15. The van der Waals surface area contributed by atoms with Crippen molar-refractivity contribution in [2.75, 3.05) is 26.0 Å². The van der Waals surface area contributed by atoms with Crippen LogP contribution in [0.5, 0.6) is 0 Å². The van der Waals surface area contributed by atoms with Crippen molar-refractivity contribution in [2.24, 2.45) is 0 Å². The number of hydrogen-bond donors (Lipinski definition) is 0. The van der Waals surface area contributed by atoms with E-state index in [4.69, 9.17) is 4.74 Å². The van der Waals surface area contributed by atoms with Crippen molar-refractivity contribution in [3.8, 4) is 0 Å². The maximum absolute atomic E-state index is 11.6. The number of ether oxygens (including phenoxy) is 2. The first-order chi connectivity index (χ1) is 9.65. The Kier molecular flexibility index (Phi) is 7.75. The minimum Gasteiger partial charge on any atom is -0.468 e. The summed E-state index contributed by atoms with van der Waals surface area (Å²) in [4.78, 5) is 22.8. The summed E-state index contributed by atoms with van der Waals surface area (Å²) in [5, 5.41) is 0. The van der Waals surface area contributed by atoms with E-state index in [9.17, 15) is 9.59 Å². The first-order valence-corrected chi connectivity index (χ1v) is 7.24. The molecule has 6 heteroatoms. The molecule has 0 atom stereocenters. The smallest absolute Gasteiger partial charge is 0.321 e. The van der Waals surface area contributed by atoms with Crippen LogP contribution in [0.3, 0.4) is 0 Å². The molecule has 0 N–H and O–H groups in total. The predicted octanol–water partition coefficient (Wildman–Crippen LogP) is 1.87. The molecular weight excluding hydrogens is 278 g/mol. The molecule has 0 saturated carbocycles. The molecule has 0 bridgehead atoms. The minimum atomic E-state index is -0.322. The molecule has 20 heavy (non-hydrogen) atoms. The van der Waals surface area contributed by atoms with E-state index in [-0.39, 0.29) is 24.2 Å². The molecule has 5 nitrogen and oxygen atoms in total. The molecule has 0 spiro atoms. The van der Waals surface area contributed by atoms with Crippen molar-refractivity contribution in [3.63, 3.8) is 0 Å². The van der Waals surface area contributed by atoms with Crippen LogP contribution in [0.1, 0.15) is 12.5 Å². The van der Waals surface area contributed by atoms with Gasteiger partial charge in [0.05, 0.1) is 13.7 Å². The molecule has 0 saturated heterocycles. The lowest BCUT2D eigenvalue weighted by molar-refractivity contribution is -0.143. The molecule has 0 amide bonds. The van der Waals surface area contributed by atoms with Gasteiger partial charge in [-0.1, -0.05) is 42.3 Å². The predicted molar refractivity (Wildman–Crippen MR) is 78.0 cm³/mol. The molecule has 110 valence electrons. The van der Waals surface area contributed by atoms with E-state index in [0.717, 1.165) is 5.56 Å². The lowest BCUT2D eigenvalue weighted by atomic mass is 10.2. The van der Waals surface area contributed by atoms with Crippen LogP contribution in [-0.4, -0.2) is 42.3 Å². The summed E-state index contributed by atoms with van der Waals surface area (Å²) in [5.41, 5.74) is 1.06. The van der Waals surface area contributed by atoms with Gasteiger partial charge >= 0.3 is 11.9 Å². The number of carbonyl (C=O) groups excluding carboxylic acids is 2. The highest BCUT2D eigenvalue weighted by atomic mass is 32.2. The monoisotopic (exact) mass is 297 g/mol. The summed E-state index contributed by atoms with van der Waals surface area (Å²) in [6.45, 7) is 2.80. The van der Waals surface area contributed by atoms with Crippen molar-refractivity contribution >= 4 is 23.9 Å². The molecule has 0 aromatic heterocycles. The largest absolute Gasteiger partial charge is 0.468 e. The summed E-state index contributed by atoms with van der Waals surface area (Å²) in [6, 6.07) is 9.74. The molecule has 0 unspecified atom stereocenters. The fraction of sp³-hybridized carbons (Fsp3) is 0.429. The Balaban J connectivity index is 2.58. The van der Waals surface area contributed by atoms with E-state index in [2.05, 4.69) is 4.74 Å². The third kappa shape index (κ3) is 6.58. The van der Waals surface area contributed by atoms with Gasteiger partial charge in [-0.2, -0.15) is 0 Å². The Morgan fingerprint density at radius 1 is 1.20 bits per heavy atom. The average molecular weight is 297 g/mol. The van der Waals surface area contributed by atoms with Crippen LogP contribution >= 0.6 is 11.9 Å². The zero-order valence-electron chi connectivity index (χ0n) is 11.7. The normalized spacial score (nSPS) is 10.3. The van der Waals surface area contributed by atoms with Crippen molar-refractivity contribution in [3.05, 3.63) is 35.9 Å². The van der Waals surface area contributed by atoms with Gasteiger partial charge < -0.3 is 9.47 Å². The second-order valence-corrected chi connectivity index (χ2v) is 5.00. The lowest BCUT2D eigenvalue weighted by Gasteiger charge is -2.19. The quantitative estimate of drug-likeness (QED) is 0.539. The van der Waals surface area contributed by atoms with E-state index >= 15 is 0 Å². The molecule has 0 aliphatic heterocycles. The number of methoxy groups -OCH3 is 1. The van der Waals surface area contributed by atoms with Crippen molar-refractivity contribution < 1.29 is 19.1 Å². The van der Waals surface area contributed by atoms with Gasteiger partial charge in [0.1, 0.15) is 12.3 Å². The van der Waals surface area contributed by atoms with E-state index in [1.807, 2.05) is 30.3 Å². The van der Waals surface area contributed by atoms with Crippen molar-refractivity contribution in [1.29, 1.82) is 0 Å². The second-order valence-electron chi connectivity index (χ2n) is 3.94. The van der Waals surface area contributed by atoms with E-state index in [1.54, 1.807) is 11.2 Å².